The number of nitrogens with one attached hydrogen (secondary N) is 1. The number of anilines is 1. The molecule has 0 radical (unpaired) electrons. The van der Waals surface area contributed by atoms with E-state index in [0.717, 1.165) is 4.88 Å². The molecular formula is C13H14N2O2S. The van der Waals surface area contributed by atoms with E-state index in [-0.39, 0.29) is 5.91 Å². The van der Waals surface area contributed by atoms with Crippen LogP contribution in [0.25, 0.3) is 0 Å². The number of thiophene rings is 1. The molecule has 0 unspecified atom stereocenters. The molecule has 1 heterocycles. The van der Waals surface area contributed by atoms with E-state index >= 15 is 0 Å². The standard InChI is InChI=1S/C13H14N2O2S/c1-17-12-10(5-2-6-11(12)14)13(16)15-8-9-4-3-7-18-9/h2-7H,8,14H2,1H3,(H,15,16). The Hall–Kier alpha value is -2.01. The molecular weight excluding hydrogens is 248 g/mol. The first kappa shape index (κ1) is 12.4. The van der Waals surface area contributed by atoms with Crippen molar-refractivity contribution in [3.05, 3.63) is 46.2 Å². The number of ether oxygens (including phenoxy) is 1. The van der Waals surface area contributed by atoms with Crippen LogP contribution in [0.2, 0.25) is 0 Å². The zero-order valence-electron chi connectivity index (χ0n) is 9.97. The number of rotatable bonds is 4. The maximum atomic E-state index is 12.0. The molecule has 3 N–H and O–H groups in total. The van der Waals surface area contributed by atoms with Gasteiger partial charge < -0.3 is 15.8 Å². The Labute approximate surface area is 109 Å². The van der Waals surface area contributed by atoms with Crippen LogP contribution in [0.3, 0.4) is 0 Å². The molecule has 0 saturated carbocycles. The summed E-state index contributed by atoms with van der Waals surface area (Å²) in [6.07, 6.45) is 0. The van der Waals surface area contributed by atoms with E-state index in [1.165, 1.54) is 7.11 Å². The van der Waals surface area contributed by atoms with Crippen LogP contribution in [0.4, 0.5) is 5.69 Å². The van der Waals surface area contributed by atoms with E-state index in [1.807, 2.05) is 17.5 Å². The number of nitrogens with two attached hydrogens (primary N) is 1. The SMILES string of the molecule is COc1c(N)cccc1C(=O)NCc1cccs1. The monoisotopic (exact) mass is 262 g/mol. The minimum absolute atomic E-state index is 0.187. The summed E-state index contributed by atoms with van der Waals surface area (Å²) in [5, 5.41) is 4.81. The number of methoxy groups -OCH3 is 1. The molecule has 0 bridgehead atoms. The third-order valence-electron chi connectivity index (χ3n) is 2.50. The van der Waals surface area contributed by atoms with E-state index in [1.54, 1.807) is 29.5 Å². The Bertz CT molecular complexity index is 538. The van der Waals surface area contributed by atoms with E-state index in [0.29, 0.717) is 23.5 Å². The van der Waals surface area contributed by atoms with Crippen LogP contribution < -0.4 is 15.8 Å². The zero-order chi connectivity index (χ0) is 13.0. The molecule has 0 saturated heterocycles. The Balaban J connectivity index is 2.11. The van der Waals surface area contributed by atoms with E-state index < -0.39 is 0 Å². The summed E-state index contributed by atoms with van der Waals surface area (Å²) in [4.78, 5) is 13.1. The molecule has 0 aliphatic rings. The van der Waals surface area contributed by atoms with Gasteiger partial charge >= 0.3 is 0 Å². The predicted octanol–water partition coefficient (Wildman–Crippen LogP) is 2.27. The molecule has 0 spiro atoms. The zero-order valence-corrected chi connectivity index (χ0v) is 10.8. The molecule has 4 nitrogen and oxygen atoms in total. The Morgan fingerprint density at radius 3 is 2.89 bits per heavy atom. The molecule has 5 heteroatoms. The second-order valence-corrected chi connectivity index (χ2v) is 4.72. The van der Waals surface area contributed by atoms with Crippen molar-refractivity contribution in [1.29, 1.82) is 0 Å². The van der Waals surface area contributed by atoms with Crippen molar-refractivity contribution in [3.63, 3.8) is 0 Å². The normalized spacial score (nSPS) is 10.1. The molecule has 94 valence electrons. The van der Waals surface area contributed by atoms with Crippen LogP contribution in [-0.2, 0) is 6.54 Å². The summed E-state index contributed by atoms with van der Waals surface area (Å²) in [6.45, 7) is 0.508. The Morgan fingerprint density at radius 1 is 1.39 bits per heavy atom. The summed E-state index contributed by atoms with van der Waals surface area (Å²) in [7, 11) is 1.50. The van der Waals surface area contributed by atoms with Gasteiger partial charge in [0.1, 0.15) is 0 Å². The minimum atomic E-state index is -0.187. The lowest BCUT2D eigenvalue weighted by Crippen LogP contribution is -2.23. The highest BCUT2D eigenvalue weighted by Crippen LogP contribution is 2.25. The first-order valence-electron chi connectivity index (χ1n) is 5.45. The number of nitrogen functional groups attached to an aromatic ring is 1. The third kappa shape index (κ3) is 2.62. The Kier molecular flexibility index (Phi) is 3.84. The van der Waals surface area contributed by atoms with Crippen molar-refractivity contribution >= 4 is 22.9 Å². The van der Waals surface area contributed by atoms with Crippen molar-refractivity contribution in [2.45, 2.75) is 6.54 Å². The number of benzene rings is 1. The van der Waals surface area contributed by atoms with Crippen LogP contribution in [0.5, 0.6) is 5.75 Å². The molecule has 0 aliphatic heterocycles. The lowest BCUT2D eigenvalue weighted by atomic mass is 10.1. The van der Waals surface area contributed by atoms with Gasteiger partial charge in [0, 0.05) is 4.88 Å². The van der Waals surface area contributed by atoms with Gasteiger partial charge in [-0.3, -0.25) is 4.79 Å². The van der Waals surface area contributed by atoms with Gasteiger partial charge in [-0.15, -0.1) is 11.3 Å². The summed E-state index contributed by atoms with van der Waals surface area (Å²) < 4.78 is 5.15. The average molecular weight is 262 g/mol. The number of hydrogen-bond donors (Lipinski definition) is 2. The second-order valence-electron chi connectivity index (χ2n) is 3.69. The number of hydrogen-bond acceptors (Lipinski definition) is 4. The average Bonchev–Trinajstić information content (AvgIpc) is 2.88. The highest BCUT2D eigenvalue weighted by molar-refractivity contribution is 7.09. The minimum Gasteiger partial charge on any atom is -0.494 e. The van der Waals surface area contributed by atoms with E-state index in [9.17, 15) is 4.79 Å². The first-order valence-corrected chi connectivity index (χ1v) is 6.33. The second kappa shape index (κ2) is 5.55. The summed E-state index contributed by atoms with van der Waals surface area (Å²) in [5.74, 6) is 0.230. The molecule has 0 atom stereocenters. The smallest absolute Gasteiger partial charge is 0.255 e. The number of carbonyl (C=O) groups excluding carboxylic acids is 1. The summed E-state index contributed by atoms with van der Waals surface area (Å²) in [6, 6.07) is 9.06. The van der Waals surface area contributed by atoms with Crippen LogP contribution in [0, 0.1) is 0 Å². The quantitative estimate of drug-likeness (QED) is 0.831. The summed E-state index contributed by atoms with van der Waals surface area (Å²) >= 11 is 1.60. The van der Waals surface area contributed by atoms with Gasteiger partial charge in [0.05, 0.1) is 24.9 Å². The van der Waals surface area contributed by atoms with Crippen LogP contribution in [0.1, 0.15) is 15.2 Å². The van der Waals surface area contributed by atoms with Gasteiger partial charge in [0.15, 0.2) is 5.75 Å². The lowest BCUT2D eigenvalue weighted by molar-refractivity contribution is 0.0948. The van der Waals surface area contributed by atoms with Gasteiger partial charge in [0.25, 0.3) is 5.91 Å². The van der Waals surface area contributed by atoms with E-state index in [4.69, 9.17) is 10.5 Å². The molecule has 1 amide bonds. The topological polar surface area (TPSA) is 64.3 Å². The van der Waals surface area contributed by atoms with Gasteiger partial charge in [-0.05, 0) is 23.6 Å². The van der Waals surface area contributed by atoms with Crippen LogP contribution >= 0.6 is 11.3 Å². The molecule has 0 fully saturated rings. The van der Waals surface area contributed by atoms with Gasteiger partial charge in [0.2, 0.25) is 0 Å². The molecule has 2 aromatic rings. The third-order valence-corrected chi connectivity index (χ3v) is 3.37. The van der Waals surface area contributed by atoms with Crippen molar-refractivity contribution in [2.24, 2.45) is 0 Å². The van der Waals surface area contributed by atoms with Crippen molar-refractivity contribution < 1.29 is 9.53 Å². The number of amides is 1. The lowest BCUT2D eigenvalue weighted by Gasteiger charge is -2.10. The fraction of sp³-hybridized carbons (Fsp3) is 0.154. The van der Waals surface area contributed by atoms with Gasteiger partial charge in [-0.2, -0.15) is 0 Å². The van der Waals surface area contributed by atoms with Gasteiger partial charge in [-0.25, -0.2) is 0 Å². The molecule has 18 heavy (non-hydrogen) atoms. The maximum Gasteiger partial charge on any atom is 0.255 e. The van der Waals surface area contributed by atoms with Crippen molar-refractivity contribution in [3.8, 4) is 5.75 Å². The van der Waals surface area contributed by atoms with Crippen LogP contribution in [-0.4, -0.2) is 13.0 Å². The first-order chi connectivity index (χ1) is 8.72. The van der Waals surface area contributed by atoms with E-state index in [2.05, 4.69) is 5.32 Å². The maximum absolute atomic E-state index is 12.0. The molecule has 2 rings (SSSR count). The fourth-order valence-corrected chi connectivity index (χ4v) is 2.28. The molecule has 0 aliphatic carbocycles. The fourth-order valence-electron chi connectivity index (χ4n) is 1.64. The molecule has 1 aromatic carbocycles. The van der Waals surface area contributed by atoms with Crippen molar-refractivity contribution in [1.82, 2.24) is 5.32 Å². The number of para-hydroxylation sites is 1. The summed E-state index contributed by atoms with van der Waals surface area (Å²) in [5.41, 5.74) is 6.67. The Morgan fingerprint density at radius 2 is 2.22 bits per heavy atom. The number of carbonyl (C=O) groups is 1. The predicted molar refractivity (Wildman–Crippen MR) is 72.9 cm³/mol. The molecule has 1 aromatic heterocycles. The van der Waals surface area contributed by atoms with Crippen LogP contribution in [0.15, 0.2) is 35.7 Å². The largest absolute Gasteiger partial charge is 0.494 e. The van der Waals surface area contributed by atoms with Gasteiger partial charge in [-0.1, -0.05) is 12.1 Å². The highest BCUT2D eigenvalue weighted by Gasteiger charge is 2.13. The van der Waals surface area contributed by atoms with Crippen molar-refractivity contribution in [2.75, 3.05) is 12.8 Å². The highest BCUT2D eigenvalue weighted by atomic mass is 32.1.